The first-order chi connectivity index (χ1) is 13.8. The van der Waals surface area contributed by atoms with Crippen molar-refractivity contribution in [1.29, 1.82) is 0 Å². The molecule has 4 rings (SSSR count). The fourth-order valence-corrected chi connectivity index (χ4v) is 3.89. The van der Waals surface area contributed by atoms with E-state index in [1.807, 2.05) is 24.4 Å². The van der Waals surface area contributed by atoms with Crippen LogP contribution in [0.4, 0.5) is 5.82 Å². The highest BCUT2D eigenvalue weighted by Gasteiger charge is 2.21. The molecule has 28 heavy (non-hydrogen) atoms. The number of nitrogens with one attached hydrogen (secondary N) is 1. The lowest BCUT2D eigenvalue weighted by Crippen LogP contribution is -2.37. The highest BCUT2D eigenvalue weighted by Crippen LogP contribution is 2.31. The van der Waals surface area contributed by atoms with Crippen LogP contribution in [0.25, 0.3) is 0 Å². The van der Waals surface area contributed by atoms with E-state index in [1.54, 1.807) is 0 Å². The van der Waals surface area contributed by atoms with Crippen LogP contribution in [0.5, 0.6) is 5.75 Å². The van der Waals surface area contributed by atoms with E-state index in [0.29, 0.717) is 19.1 Å². The molecule has 2 aliphatic heterocycles. The molecule has 2 aromatic rings. The fourth-order valence-electron chi connectivity index (χ4n) is 3.89. The Kier molecular flexibility index (Phi) is 5.95. The summed E-state index contributed by atoms with van der Waals surface area (Å²) >= 11 is 0. The predicted molar refractivity (Wildman–Crippen MR) is 113 cm³/mol. The monoisotopic (exact) mass is 379 g/mol. The van der Waals surface area contributed by atoms with Crippen molar-refractivity contribution in [2.24, 2.45) is 10.7 Å². The molecule has 2 aliphatic rings. The van der Waals surface area contributed by atoms with E-state index in [-0.39, 0.29) is 6.04 Å². The number of ether oxygens (including phenoxy) is 1. The van der Waals surface area contributed by atoms with Gasteiger partial charge in [0.2, 0.25) is 0 Å². The number of fused-ring (bicyclic) bond motifs is 1. The van der Waals surface area contributed by atoms with Gasteiger partial charge in [0, 0.05) is 31.3 Å². The molecule has 0 spiro atoms. The van der Waals surface area contributed by atoms with Crippen LogP contribution >= 0.6 is 0 Å². The smallest absolute Gasteiger partial charge is 0.189 e. The Balaban J connectivity index is 1.35. The molecule has 1 fully saturated rings. The van der Waals surface area contributed by atoms with Gasteiger partial charge in [0.1, 0.15) is 11.6 Å². The summed E-state index contributed by atoms with van der Waals surface area (Å²) in [5.41, 5.74) is 8.34. The minimum Gasteiger partial charge on any atom is -0.493 e. The zero-order valence-electron chi connectivity index (χ0n) is 16.3. The van der Waals surface area contributed by atoms with E-state index in [0.717, 1.165) is 42.2 Å². The van der Waals surface area contributed by atoms with Gasteiger partial charge in [-0.2, -0.15) is 0 Å². The zero-order chi connectivity index (χ0) is 19.2. The van der Waals surface area contributed by atoms with Gasteiger partial charge < -0.3 is 20.7 Å². The molecule has 1 unspecified atom stereocenters. The van der Waals surface area contributed by atoms with Crippen LogP contribution in [0, 0.1) is 0 Å². The molecule has 1 aromatic heterocycles. The van der Waals surface area contributed by atoms with Gasteiger partial charge in [-0.3, -0.25) is 0 Å². The Hall–Kier alpha value is -2.76. The van der Waals surface area contributed by atoms with Crippen molar-refractivity contribution >= 4 is 11.8 Å². The first-order valence-electron chi connectivity index (χ1n) is 10.3. The van der Waals surface area contributed by atoms with Crippen LogP contribution in [0.15, 0.2) is 47.6 Å². The number of rotatable bonds is 4. The minimum atomic E-state index is 0.136. The number of nitrogens with two attached hydrogens (primary N) is 1. The number of aromatic nitrogens is 1. The molecule has 3 N–H and O–H groups in total. The Bertz CT molecular complexity index is 797. The number of guanidine groups is 1. The maximum Gasteiger partial charge on any atom is 0.189 e. The summed E-state index contributed by atoms with van der Waals surface area (Å²) in [6, 6.07) is 12.4. The third kappa shape index (κ3) is 4.55. The van der Waals surface area contributed by atoms with Gasteiger partial charge in [0.05, 0.1) is 19.2 Å². The Morgan fingerprint density at radius 2 is 1.96 bits per heavy atom. The molecule has 1 saturated heterocycles. The third-order valence-electron chi connectivity index (χ3n) is 5.45. The van der Waals surface area contributed by atoms with Gasteiger partial charge in [-0.1, -0.05) is 37.1 Å². The molecule has 0 saturated carbocycles. The molecule has 1 aromatic carbocycles. The zero-order valence-corrected chi connectivity index (χ0v) is 16.3. The number of benzene rings is 1. The van der Waals surface area contributed by atoms with Crippen molar-refractivity contribution in [1.82, 2.24) is 10.3 Å². The molecule has 148 valence electrons. The van der Waals surface area contributed by atoms with Gasteiger partial charge in [-0.15, -0.1) is 0 Å². The van der Waals surface area contributed by atoms with Crippen LogP contribution in [-0.4, -0.2) is 30.6 Å². The van der Waals surface area contributed by atoms with Crippen LogP contribution in [-0.2, 0) is 6.54 Å². The lowest BCUT2D eigenvalue weighted by molar-refractivity contribution is 0.262. The van der Waals surface area contributed by atoms with Crippen molar-refractivity contribution in [3.63, 3.8) is 0 Å². The number of hydrogen-bond donors (Lipinski definition) is 2. The molecule has 1 atom stereocenters. The lowest BCUT2D eigenvalue weighted by atomic mass is 10.0. The van der Waals surface area contributed by atoms with Crippen LogP contribution < -0.4 is 20.7 Å². The molecule has 0 amide bonds. The maximum atomic E-state index is 6.14. The highest BCUT2D eigenvalue weighted by atomic mass is 16.5. The average Bonchev–Trinajstić information content (AvgIpc) is 3.03. The van der Waals surface area contributed by atoms with Gasteiger partial charge >= 0.3 is 0 Å². The number of aliphatic imine (C=N–C) groups is 1. The van der Waals surface area contributed by atoms with Crippen LogP contribution in [0.2, 0.25) is 0 Å². The van der Waals surface area contributed by atoms with Gasteiger partial charge in [0.15, 0.2) is 5.96 Å². The lowest BCUT2D eigenvalue weighted by Gasteiger charge is -2.26. The van der Waals surface area contributed by atoms with E-state index in [2.05, 4.69) is 38.4 Å². The first-order valence-corrected chi connectivity index (χ1v) is 10.3. The summed E-state index contributed by atoms with van der Waals surface area (Å²) < 4.78 is 5.70. The van der Waals surface area contributed by atoms with Crippen molar-refractivity contribution in [3.8, 4) is 5.75 Å². The summed E-state index contributed by atoms with van der Waals surface area (Å²) in [5, 5.41) is 3.33. The van der Waals surface area contributed by atoms with Crippen LogP contribution in [0.3, 0.4) is 0 Å². The molecule has 0 radical (unpaired) electrons. The number of pyridine rings is 1. The second-order valence-electron chi connectivity index (χ2n) is 7.50. The van der Waals surface area contributed by atoms with Crippen molar-refractivity contribution in [2.75, 3.05) is 24.6 Å². The normalized spacial score (nSPS) is 20.1. The van der Waals surface area contributed by atoms with E-state index < -0.39 is 0 Å². The molecular formula is C22H29N5O. The number of anilines is 1. The Labute approximate surface area is 166 Å². The largest absolute Gasteiger partial charge is 0.493 e. The summed E-state index contributed by atoms with van der Waals surface area (Å²) in [6.07, 6.45) is 7.96. The molecule has 6 heteroatoms. The number of nitrogens with zero attached hydrogens (tertiary/aromatic N) is 3. The average molecular weight is 380 g/mol. The van der Waals surface area contributed by atoms with Crippen molar-refractivity contribution in [3.05, 3.63) is 53.7 Å². The number of para-hydroxylation sites is 1. The van der Waals surface area contributed by atoms with Crippen LogP contribution in [0.1, 0.15) is 49.3 Å². The number of hydrogen-bond acceptors (Lipinski definition) is 4. The predicted octanol–water partition coefficient (Wildman–Crippen LogP) is 3.39. The van der Waals surface area contributed by atoms with E-state index in [9.17, 15) is 0 Å². The SMILES string of the molecule is NC(=NCc1ccc(N2CCCCCC2)nc1)NC1CCOc2ccccc21. The second-order valence-corrected chi connectivity index (χ2v) is 7.50. The molecule has 0 aliphatic carbocycles. The van der Waals surface area contributed by atoms with Gasteiger partial charge in [-0.05, 0) is 30.5 Å². The summed E-state index contributed by atoms with van der Waals surface area (Å²) in [4.78, 5) is 11.5. The minimum absolute atomic E-state index is 0.136. The second kappa shape index (κ2) is 8.95. The van der Waals surface area contributed by atoms with E-state index in [4.69, 9.17) is 10.5 Å². The third-order valence-corrected chi connectivity index (χ3v) is 5.45. The molecule has 6 nitrogen and oxygen atoms in total. The standard InChI is InChI=1S/C22H29N5O/c23-22(26-19-11-14-28-20-8-4-3-7-18(19)20)25-16-17-9-10-21(24-15-17)27-12-5-1-2-6-13-27/h3-4,7-10,15,19H,1-2,5-6,11-14,16H2,(H3,23,25,26). The van der Waals surface area contributed by atoms with E-state index in [1.165, 1.54) is 25.7 Å². The Morgan fingerprint density at radius 3 is 2.75 bits per heavy atom. The quantitative estimate of drug-likeness (QED) is 0.629. The fraction of sp³-hybridized carbons (Fsp3) is 0.455. The van der Waals surface area contributed by atoms with E-state index >= 15 is 0 Å². The summed E-state index contributed by atoms with van der Waals surface area (Å²) in [5.74, 6) is 2.45. The summed E-state index contributed by atoms with van der Waals surface area (Å²) in [7, 11) is 0. The van der Waals surface area contributed by atoms with Crippen molar-refractivity contribution in [2.45, 2.75) is 44.7 Å². The maximum absolute atomic E-state index is 6.14. The van der Waals surface area contributed by atoms with Gasteiger partial charge in [-0.25, -0.2) is 9.98 Å². The topological polar surface area (TPSA) is 75.8 Å². The molecule has 3 heterocycles. The first kappa shape index (κ1) is 18.6. The van der Waals surface area contributed by atoms with Gasteiger partial charge in [0.25, 0.3) is 0 Å². The molecule has 0 bridgehead atoms. The summed E-state index contributed by atoms with van der Waals surface area (Å²) in [6.45, 7) is 3.42. The Morgan fingerprint density at radius 1 is 1.14 bits per heavy atom. The van der Waals surface area contributed by atoms with Crippen molar-refractivity contribution < 1.29 is 4.74 Å². The highest BCUT2D eigenvalue weighted by molar-refractivity contribution is 5.78. The molecular weight excluding hydrogens is 350 g/mol.